The van der Waals surface area contributed by atoms with Crippen molar-refractivity contribution in [2.75, 3.05) is 18.1 Å². The van der Waals surface area contributed by atoms with Crippen molar-refractivity contribution < 1.29 is 61.8 Å². The maximum Gasteiger partial charge on any atom is 1.00 e. The van der Waals surface area contributed by atoms with E-state index in [9.17, 15) is 5.11 Å². The van der Waals surface area contributed by atoms with Gasteiger partial charge >= 0.3 is 37.7 Å². The Morgan fingerprint density at radius 2 is 1.70 bits per heavy atom. The summed E-state index contributed by atoms with van der Waals surface area (Å²) >= 11 is 3.54. The predicted octanol–water partition coefficient (Wildman–Crippen LogP) is -3.83. The van der Waals surface area contributed by atoms with Gasteiger partial charge in [0.05, 0.1) is 12.7 Å². The van der Waals surface area contributed by atoms with Crippen molar-refractivity contribution in [3.63, 3.8) is 0 Å². The third-order valence-electron chi connectivity index (χ3n) is 4.21. The standard InChI is InChI=1S/C17H28NO5S2.2Li/c1-10(19)18-12(15-24-7-6-8-25-15)14-13(22-17(4,5)23-14)11-9-20-16(2,3)21-11;;/h11-14H,6-9H2,1-5H3,(H,18,19);;/q-1;2*+1/p-1/t11-,12-,13-,14-;;/m1../s1. The summed E-state index contributed by atoms with van der Waals surface area (Å²) in [5.74, 6) is 0.509. The molecule has 6 nitrogen and oxygen atoms in total. The number of rotatable bonds is 4. The van der Waals surface area contributed by atoms with E-state index in [4.69, 9.17) is 18.9 Å². The molecule has 0 bridgehead atoms. The van der Waals surface area contributed by atoms with Crippen LogP contribution in [0.3, 0.4) is 0 Å². The molecule has 3 heterocycles. The molecule has 0 aromatic rings. The molecular formula is C17H27Li2NO5S2. The van der Waals surface area contributed by atoms with E-state index in [0.29, 0.717) is 6.61 Å². The summed E-state index contributed by atoms with van der Waals surface area (Å²) in [4.78, 5) is 4.39. The molecule has 0 radical (unpaired) electrons. The Morgan fingerprint density at radius 1 is 1.07 bits per heavy atom. The normalized spacial score (nSPS) is 34.6. The van der Waals surface area contributed by atoms with E-state index in [1.807, 2.05) is 27.7 Å². The average molecular weight is 403 g/mol. The number of nitrogens with zero attached hydrogens (tertiary/aromatic N) is 1. The Bertz CT molecular complexity index is 514. The van der Waals surface area contributed by atoms with Gasteiger partial charge in [-0.2, -0.15) is 4.58 Å². The Hall–Kier alpha value is 1.20. The molecule has 3 aliphatic heterocycles. The summed E-state index contributed by atoms with van der Waals surface area (Å²) in [5, 5.41) is 11.8. The van der Waals surface area contributed by atoms with Gasteiger partial charge in [-0.25, -0.2) is 0 Å². The van der Waals surface area contributed by atoms with Crippen LogP contribution in [-0.2, 0) is 18.9 Å². The molecule has 3 rings (SSSR count). The first-order valence-corrected chi connectivity index (χ1v) is 10.7. The number of hydrogen-bond donors (Lipinski definition) is 0. The van der Waals surface area contributed by atoms with Crippen LogP contribution >= 0.6 is 23.5 Å². The molecule has 3 saturated heterocycles. The summed E-state index contributed by atoms with van der Waals surface area (Å²) < 4.78 is 25.2. The van der Waals surface area contributed by atoms with Gasteiger partial charge in [-0.05, 0) is 64.5 Å². The molecule has 4 atom stereocenters. The zero-order valence-corrected chi connectivity index (χ0v) is 19.1. The smallest absolute Gasteiger partial charge is 0.862 e. The first-order valence-electron chi connectivity index (χ1n) is 8.68. The van der Waals surface area contributed by atoms with Gasteiger partial charge in [-0.15, -0.1) is 0 Å². The molecule has 3 fully saturated rings. The molecule has 10 heteroatoms. The Morgan fingerprint density at radius 3 is 2.22 bits per heavy atom. The van der Waals surface area contributed by atoms with Crippen molar-refractivity contribution in [2.24, 2.45) is 4.99 Å². The molecule has 0 aliphatic carbocycles. The van der Waals surface area contributed by atoms with Gasteiger partial charge in [-0.3, -0.25) is 0 Å². The van der Waals surface area contributed by atoms with Crippen LogP contribution in [0.25, 0.3) is 0 Å². The quantitative estimate of drug-likeness (QED) is 0.206. The molecule has 0 amide bonds. The number of hydrogen-bond acceptors (Lipinski definition) is 8. The van der Waals surface area contributed by atoms with Crippen LogP contribution in [0.1, 0.15) is 41.0 Å². The third kappa shape index (κ3) is 6.86. The fourth-order valence-corrected chi connectivity index (χ4v) is 6.01. The maximum absolute atomic E-state index is 11.8. The van der Waals surface area contributed by atoms with Gasteiger partial charge in [0.15, 0.2) is 11.6 Å². The second kappa shape index (κ2) is 10.5. The molecule has 27 heavy (non-hydrogen) atoms. The molecule has 0 aromatic heterocycles. The minimum atomic E-state index is -0.749. The third-order valence-corrected chi connectivity index (χ3v) is 6.96. The number of aliphatic imine (C=N–C) groups is 1. The number of thioether (sulfide) groups is 2. The molecule has 0 saturated carbocycles. The van der Waals surface area contributed by atoms with Crippen molar-refractivity contribution in [2.45, 2.75) is 77.0 Å². The summed E-state index contributed by atoms with van der Waals surface area (Å²) in [6.07, 6.45) is 0.219. The Kier molecular flexibility index (Phi) is 10.2. The molecule has 3 aliphatic rings. The van der Waals surface area contributed by atoms with Crippen LogP contribution in [0.15, 0.2) is 4.99 Å². The molecule has 0 aromatic carbocycles. The topological polar surface area (TPSA) is 72.3 Å². The first-order chi connectivity index (χ1) is 11.7. The summed E-state index contributed by atoms with van der Waals surface area (Å²) in [6.45, 7) is 9.48. The van der Waals surface area contributed by atoms with Crippen LogP contribution in [0.2, 0.25) is 0 Å². The first kappa shape index (κ1) is 26.2. The van der Waals surface area contributed by atoms with Crippen LogP contribution in [0, 0.1) is 4.58 Å². The fraction of sp³-hybridized carbons (Fsp3) is 0.882. The van der Waals surface area contributed by atoms with Gasteiger partial charge in [0.1, 0.15) is 12.2 Å². The number of ether oxygens (including phenoxy) is 4. The molecule has 0 spiro atoms. The minimum Gasteiger partial charge on any atom is -0.862 e. The van der Waals surface area contributed by atoms with Gasteiger partial charge in [0.2, 0.25) is 0 Å². The zero-order chi connectivity index (χ0) is 18.2. The Labute approximate surface area is 195 Å². The second-order valence-electron chi connectivity index (χ2n) is 7.39. The monoisotopic (exact) mass is 403 g/mol. The zero-order valence-electron chi connectivity index (χ0n) is 17.4. The van der Waals surface area contributed by atoms with Gasteiger partial charge in [0.25, 0.3) is 0 Å². The van der Waals surface area contributed by atoms with Crippen molar-refractivity contribution >= 4 is 29.4 Å². The van der Waals surface area contributed by atoms with E-state index in [1.54, 1.807) is 23.5 Å². The van der Waals surface area contributed by atoms with Crippen molar-refractivity contribution in [3.8, 4) is 0 Å². The molecule has 144 valence electrons. The van der Waals surface area contributed by atoms with Gasteiger partial charge < -0.3 is 52.6 Å². The molecular weight excluding hydrogens is 376 g/mol. The fourth-order valence-electron chi connectivity index (χ4n) is 3.30. The summed E-state index contributed by atoms with van der Waals surface area (Å²) in [6, 6.07) is -0.341. The minimum absolute atomic E-state index is 0. The van der Waals surface area contributed by atoms with Crippen molar-refractivity contribution in [1.82, 2.24) is 0 Å². The summed E-state index contributed by atoms with van der Waals surface area (Å²) in [5.41, 5.74) is 0. The van der Waals surface area contributed by atoms with E-state index in [2.05, 4.69) is 4.99 Å². The van der Waals surface area contributed by atoms with Crippen molar-refractivity contribution in [1.29, 1.82) is 0 Å². The van der Waals surface area contributed by atoms with Gasteiger partial charge in [0, 0.05) is 0 Å². The van der Waals surface area contributed by atoms with Crippen molar-refractivity contribution in [3.05, 3.63) is 4.58 Å². The van der Waals surface area contributed by atoms with Crippen LogP contribution in [0.4, 0.5) is 0 Å². The van der Waals surface area contributed by atoms with E-state index < -0.39 is 11.6 Å². The second-order valence-corrected chi connectivity index (χ2v) is 9.93. The van der Waals surface area contributed by atoms with E-state index in [-0.39, 0.29) is 68.0 Å². The summed E-state index contributed by atoms with van der Waals surface area (Å²) in [7, 11) is 0. The van der Waals surface area contributed by atoms with E-state index in [1.165, 1.54) is 6.92 Å². The Balaban J connectivity index is 0.00000182. The van der Waals surface area contributed by atoms with E-state index in [0.717, 1.165) is 22.5 Å². The van der Waals surface area contributed by atoms with E-state index >= 15 is 0 Å². The van der Waals surface area contributed by atoms with Crippen LogP contribution < -0.4 is 42.8 Å². The van der Waals surface area contributed by atoms with Crippen LogP contribution in [0.5, 0.6) is 0 Å². The maximum atomic E-state index is 11.8. The average Bonchev–Trinajstić information content (AvgIpc) is 3.04. The predicted molar refractivity (Wildman–Crippen MR) is 98.4 cm³/mol. The van der Waals surface area contributed by atoms with Gasteiger partial charge in [-0.1, -0.05) is 0 Å². The largest absolute Gasteiger partial charge is 1.00 e. The molecule has 0 N–H and O–H groups in total. The SMILES string of the molecule is CC([O-])=N[C@@H]([C-]1SCCCS1)[C@H]1OC(C)(C)O[C@@H]1[C@H]1COC(C)(C)O1.[Li+].[Li+]. The van der Waals surface area contributed by atoms with Crippen LogP contribution in [-0.4, -0.2) is 59.9 Å². The molecule has 0 unspecified atom stereocenters.